The molecule has 2 N–H and O–H groups in total. The van der Waals surface area contributed by atoms with E-state index in [-0.39, 0.29) is 12.2 Å². The van der Waals surface area contributed by atoms with Gasteiger partial charge < -0.3 is 0 Å². The smallest absolute Gasteiger partial charge is 0.247 e. The van der Waals surface area contributed by atoms with Gasteiger partial charge in [0.15, 0.2) is 0 Å². The summed E-state index contributed by atoms with van der Waals surface area (Å²) in [6, 6.07) is 13.0. The van der Waals surface area contributed by atoms with E-state index in [4.69, 9.17) is 5.21 Å². The predicted molar refractivity (Wildman–Crippen MR) is 100 cm³/mol. The number of hydrogen-bond acceptors (Lipinski definition) is 3. The third-order valence-corrected chi connectivity index (χ3v) is 4.72. The van der Waals surface area contributed by atoms with Crippen LogP contribution >= 0.6 is 0 Å². The van der Waals surface area contributed by atoms with Gasteiger partial charge in [-0.2, -0.15) is 5.10 Å². The number of hydrogen-bond donors (Lipinski definition) is 2. The fraction of sp³-hybridized carbons (Fsp3) is 0.238. The standard InChI is InChI=1S/C21H22FN3O2/c1-14-6-9-18(10-7-14)25-20(17(13-23-25)12-21(26)24-27)11-8-16-4-3-5-19(22)15(16)2/h3-7,9-10,13,27H,8,11-12H2,1-2H3,(H,24,26). The highest BCUT2D eigenvalue weighted by molar-refractivity contribution is 5.77. The average Bonchev–Trinajstić information content (AvgIpc) is 3.06. The maximum Gasteiger partial charge on any atom is 0.247 e. The van der Waals surface area contributed by atoms with E-state index >= 15 is 0 Å². The van der Waals surface area contributed by atoms with Gasteiger partial charge in [-0.25, -0.2) is 14.6 Å². The van der Waals surface area contributed by atoms with Crippen molar-refractivity contribution in [2.75, 3.05) is 0 Å². The Morgan fingerprint density at radius 3 is 2.56 bits per heavy atom. The summed E-state index contributed by atoms with van der Waals surface area (Å²) in [7, 11) is 0. The highest BCUT2D eigenvalue weighted by atomic mass is 19.1. The topological polar surface area (TPSA) is 67.2 Å². The van der Waals surface area contributed by atoms with Gasteiger partial charge >= 0.3 is 0 Å². The van der Waals surface area contributed by atoms with Gasteiger partial charge in [-0.1, -0.05) is 29.8 Å². The van der Waals surface area contributed by atoms with Gasteiger partial charge in [0.05, 0.1) is 18.3 Å². The molecule has 0 saturated heterocycles. The number of carbonyl (C=O) groups excluding carboxylic acids is 1. The van der Waals surface area contributed by atoms with Crippen molar-refractivity contribution >= 4 is 5.91 Å². The monoisotopic (exact) mass is 367 g/mol. The van der Waals surface area contributed by atoms with Crippen molar-refractivity contribution in [1.29, 1.82) is 0 Å². The minimum atomic E-state index is -0.498. The van der Waals surface area contributed by atoms with E-state index in [2.05, 4.69) is 5.10 Å². The molecule has 6 heteroatoms. The molecule has 1 heterocycles. The van der Waals surface area contributed by atoms with Crippen molar-refractivity contribution < 1.29 is 14.4 Å². The second-order valence-electron chi connectivity index (χ2n) is 6.60. The number of aryl methyl sites for hydroxylation is 2. The molecule has 0 saturated carbocycles. The number of nitrogens with zero attached hydrogens (tertiary/aromatic N) is 2. The molecule has 1 aromatic heterocycles. The maximum absolute atomic E-state index is 13.8. The molecule has 0 unspecified atom stereocenters. The molecule has 0 aliphatic heterocycles. The van der Waals surface area contributed by atoms with E-state index in [0.717, 1.165) is 28.1 Å². The van der Waals surface area contributed by atoms with Crippen LogP contribution in [0.5, 0.6) is 0 Å². The van der Waals surface area contributed by atoms with Crippen LogP contribution < -0.4 is 5.48 Å². The zero-order valence-corrected chi connectivity index (χ0v) is 15.4. The van der Waals surface area contributed by atoms with Crippen molar-refractivity contribution in [2.45, 2.75) is 33.1 Å². The van der Waals surface area contributed by atoms with Crippen LogP contribution in [0.2, 0.25) is 0 Å². The molecule has 2 aromatic carbocycles. The van der Waals surface area contributed by atoms with E-state index in [1.165, 1.54) is 6.07 Å². The maximum atomic E-state index is 13.8. The Bertz CT molecular complexity index is 949. The van der Waals surface area contributed by atoms with E-state index in [0.29, 0.717) is 18.4 Å². The summed E-state index contributed by atoms with van der Waals surface area (Å²) in [5.41, 5.74) is 6.85. The average molecular weight is 367 g/mol. The molecule has 0 aliphatic rings. The SMILES string of the molecule is Cc1ccc(-n2ncc(CC(=O)NO)c2CCc2cccc(F)c2C)cc1. The lowest BCUT2D eigenvalue weighted by atomic mass is 10.0. The van der Waals surface area contributed by atoms with Crippen molar-refractivity contribution in [2.24, 2.45) is 0 Å². The minimum Gasteiger partial charge on any atom is -0.289 e. The Morgan fingerprint density at radius 2 is 1.85 bits per heavy atom. The Kier molecular flexibility index (Phi) is 5.66. The van der Waals surface area contributed by atoms with Crippen LogP contribution in [-0.4, -0.2) is 20.9 Å². The summed E-state index contributed by atoms with van der Waals surface area (Å²) in [5.74, 6) is -0.721. The number of halogens is 1. The molecule has 0 fully saturated rings. The molecule has 5 nitrogen and oxygen atoms in total. The van der Waals surface area contributed by atoms with Gasteiger partial charge in [-0.15, -0.1) is 0 Å². The Morgan fingerprint density at radius 1 is 1.11 bits per heavy atom. The van der Waals surface area contributed by atoms with Crippen LogP contribution in [0.15, 0.2) is 48.7 Å². The Hall–Kier alpha value is -2.99. The lowest BCUT2D eigenvalue weighted by molar-refractivity contribution is -0.128. The molecule has 0 radical (unpaired) electrons. The van der Waals surface area contributed by atoms with Crippen LogP contribution in [-0.2, 0) is 24.1 Å². The molecule has 0 spiro atoms. The second kappa shape index (κ2) is 8.14. The van der Waals surface area contributed by atoms with Crippen LogP contribution in [0, 0.1) is 19.7 Å². The molecule has 3 rings (SSSR count). The van der Waals surface area contributed by atoms with E-state index in [1.54, 1.807) is 29.3 Å². The Labute approximate surface area is 157 Å². The van der Waals surface area contributed by atoms with Crippen LogP contribution in [0.4, 0.5) is 4.39 Å². The van der Waals surface area contributed by atoms with E-state index < -0.39 is 5.91 Å². The molecule has 140 valence electrons. The normalized spacial score (nSPS) is 10.8. The molecular weight excluding hydrogens is 345 g/mol. The quantitative estimate of drug-likeness (QED) is 0.518. The van der Waals surface area contributed by atoms with Crippen LogP contribution in [0.3, 0.4) is 0 Å². The summed E-state index contributed by atoms with van der Waals surface area (Å²) in [4.78, 5) is 11.6. The molecule has 0 atom stereocenters. The lowest BCUT2D eigenvalue weighted by Crippen LogP contribution is -2.21. The van der Waals surface area contributed by atoms with Crippen molar-refractivity contribution in [3.05, 3.63) is 82.4 Å². The highest BCUT2D eigenvalue weighted by Gasteiger charge is 2.16. The number of nitrogens with one attached hydrogen (secondary N) is 1. The minimum absolute atomic E-state index is 0.0276. The number of amides is 1. The first kappa shape index (κ1) is 18.8. The molecule has 27 heavy (non-hydrogen) atoms. The zero-order chi connectivity index (χ0) is 19.4. The summed E-state index contributed by atoms with van der Waals surface area (Å²) in [6.45, 7) is 3.78. The third-order valence-electron chi connectivity index (χ3n) is 4.72. The predicted octanol–water partition coefficient (Wildman–Crippen LogP) is 3.46. The van der Waals surface area contributed by atoms with E-state index in [1.807, 2.05) is 37.3 Å². The highest BCUT2D eigenvalue weighted by Crippen LogP contribution is 2.20. The van der Waals surface area contributed by atoms with Crippen molar-refractivity contribution in [3.8, 4) is 5.69 Å². The second-order valence-corrected chi connectivity index (χ2v) is 6.60. The largest absolute Gasteiger partial charge is 0.289 e. The van der Waals surface area contributed by atoms with Gasteiger partial charge in [-0.05, 0) is 56.0 Å². The Balaban J connectivity index is 1.94. The summed E-state index contributed by atoms with van der Waals surface area (Å²) < 4.78 is 15.6. The van der Waals surface area contributed by atoms with Crippen LogP contribution in [0.25, 0.3) is 5.69 Å². The number of aromatic nitrogens is 2. The molecule has 0 aliphatic carbocycles. The van der Waals surface area contributed by atoms with Gasteiger partial charge in [0.25, 0.3) is 0 Å². The van der Waals surface area contributed by atoms with Gasteiger partial charge in [0.2, 0.25) is 5.91 Å². The van der Waals surface area contributed by atoms with Gasteiger partial charge in [0.1, 0.15) is 5.82 Å². The van der Waals surface area contributed by atoms with Crippen LogP contribution in [0.1, 0.15) is 27.9 Å². The molecule has 1 amide bonds. The van der Waals surface area contributed by atoms with Gasteiger partial charge in [-0.3, -0.25) is 10.0 Å². The number of benzene rings is 2. The first-order valence-electron chi connectivity index (χ1n) is 8.79. The first-order valence-corrected chi connectivity index (χ1v) is 8.79. The number of rotatable bonds is 6. The fourth-order valence-corrected chi connectivity index (χ4v) is 3.12. The summed E-state index contributed by atoms with van der Waals surface area (Å²) in [6.07, 6.45) is 2.88. The molecule has 0 bridgehead atoms. The first-order chi connectivity index (χ1) is 13.0. The fourth-order valence-electron chi connectivity index (χ4n) is 3.12. The van der Waals surface area contributed by atoms with Crippen molar-refractivity contribution in [1.82, 2.24) is 15.3 Å². The molecular formula is C21H22FN3O2. The van der Waals surface area contributed by atoms with Crippen molar-refractivity contribution in [3.63, 3.8) is 0 Å². The number of hydroxylamine groups is 1. The number of carbonyl (C=O) groups is 1. The summed E-state index contributed by atoms with van der Waals surface area (Å²) >= 11 is 0. The lowest BCUT2D eigenvalue weighted by Gasteiger charge is -2.12. The van der Waals surface area contributed by atoms with Gasteiger partial charge in [0, 0.05) is 11.3 Å². The third kappa shape index (κ3) is 4.23. The molecule has 3 aromatic rings. The zero-order valence-electron chi connectivity index (χ0n) is 15.4. The summed E-state index contributed by atoms with van der Waals surface area (Å²) in [5, 5.41) is 13.3. The van der Waals surface area contributed by atoms with E-state index in [9.17, 15) is 9.18 Å².